The Balaban J connectivity index is 0.00000392. The molecule has 1 aromatic rings. The predicted octanol–water partition coefficient (Wildman–Crippen LogP) is 2.85. The monoisotopic (exact) mass is 514 g/mol. The van der Waals surface area contributed by atoms with E-state index in [2.05, 4.69) is 37.3 Å². The molecule has 2 rings (SSSR count). The summed E-state index contributed by atoms with van der Waals surface area (Å²) in [7, 11) is 0. The lowest BCUT2D eigenvalue weighted by Crippen LogP contribution is -2.46. The molecule has 1 aliphatic heterocycles. The minimum atomic E-state index is -4.17. The van der Waals surface area contributed by atoms with Crippen LogP contribution in [0.15, 0.2) is 23.3 Å². The fourth-order valence-corrected chi connectivity index (χ4v) is 2.86. The number of nitrogens with one attached hydrogen (secondary N) is 2. The van der Waals surface area contributed by atoms with Crippen molar-refractivity contribution in [1.29, 1.82) is 0 Å². The number of anilines is 1. The van der Waals surface area contributed by atoms with Gasteiger partial charge >= 0.3 is 6.18 Å². The van der Waals surface area contributed by atoms with Gasteiger partial charge < -0.3 is 20.4 Å². The van der Waals surface area contributed by atoms with E-state index in [4.69, 9.17) is 0 Å². The normalized spacial score (nSPS) is 15.9. The van der Waals surface area contributed by atoms with Crippen molar-refractivity contribution < 1.29 is 13.2 Å². The van der Waals surface area contributed by atoms with Crippen molar-refractivity contribution in [2.24, 2.45) is 4.99 Å². The lowest BCUT2D eigenvalue weighted by molar-refractivity contribution is -0.132. The quantitative estimate of drug-likeness (QED) is 0.333. The van der Waals surface area contributed by atoms with E-state index < -0.39 is 12.6 Å². The van der Waals surface area contributed by atoms with Gasteiger partial charge in [0.25, 0.3) is 0 Å². The van der Waals surface area contributed by atoms with E-state index in [9.17, 15) is 13.2 Å². The molecule has 28 heavy (non-hydrogen) atoms. The van der Waals surface area contributed by atoms with Gasteiger partial charge in [-0.25, -0.2) is 9.98 Å². The van der Waals surface area contributed by atoms with Crippen molar-refractivity contribution in [2.45, 2.75) is 33.0 Å². The molecule has 1 aliphatic rings. The van der Waals surface area contributed by atoms with Gasteiger partial charge in [0.05, 0.1) is 13.0 Å². The number of hydrogen-bond donors (Lipinski definition) is 2. The number of pyridine rings is 1. The molecule has 160 valence electrons. The van der Waals surface area contributed by atoms with E-state index in [-0.39, 0.29) is 30.5 Å². The SMILES string of the molecule is CCNC(=NCc1ccnc(N2CCN(CC)CC2)c1)NCCC(F)(F)F.I. The Hall–Kier alpha value is -1.30. The number of halogens is 4. The largest absolute Gasteiger partial charge is 0.390 e. The van der Waals surface area contributed by atoms with Gasteiger partial charge in [-0.05, 0) is 31.2 Å². The third-order valence-electron chi connectivity index (χ3n) is 4.42. The highest BCUT2D eigenvalue weighted by Crippen LogP contribution is 2.18. The van der Waals surface area contributed by atoms with Crippen LogP contribution in [0.5, 0.6) is 0 Å². The van der Waals surface area contributed by atoms with Gasteiger partial charge in [-0.15, -0.1) is 24.0 Å². The molecule has 0 radical (unpaired) electrons. The fourth-order valence-electron chi connectivity index (χ4n) is 2.86. The highest BCUT2D eigenvalue weighted by Gasteiger charge is 2.26. The van der Waals surface area contributed by atoms with E-state index in [0.717, 1.165) is 44.1 Å². The second-order valence-corrected chi connectivity index (χ2v) is 6.43. The van der Waals surface area contributed by atoms with Crippen LogP contribution < -0.4 is 15.5 Å². The molecule has 0 saturated carbocycles. The maximum atomic E-state index is 12.3. The van der Waals surface area contributed by atoms with Crippen LogP contribution in [0.25, 0.3) is 0 Å². The Morgan fingerprint density at radius 1 is 1.18 bits per heavy atom. The lowest BCUT2D eigenvalue weighted by atomic mass is 10.2. The number of guanidine groups is 1. The average molecular weight is 514 g/mol. The molecule has 0 aliphatic carbocycles. The summed E-state index contributed by atoms with van der Waals surface area (Å²) >= 11 is 0. The maximum absolute atomic E-state index is 12.3. The molecular weight excluding hydrogens is 484 g/mol. The summed E-state index contributed by atoms with van der Waals surface area (Å²) in [6.45, 7) is 9.79. The van der Waals surface area contributed by atoms with Gasteiger partial charge in [-0.2, -0.15) is 13.2 Å². The molecular formula is C18H30F3IN6. The number of aliphatic imine (C=N–C) groups is 1. The van der Waals surface area contributed by atoms with Gasteiger partial charge in [0.1, 0.15) is 5.82 Å². The maximum Gasteiger partial charge on any atom is 0.390 e. The number of rotatable bonds is 7. The van der Waals surface area contributed by atoms with Crippen LogP contribution in [0.3, 0.4) is 0 Å². The summed E-state index contributed by atoms with van der Waals surface area (Å²) in [6, 6.07) is 3.89. The number of likely N-dealkylation sites (N-methyl/N-ethyl adjacent to an activating group) is 1. The van der Waals surface area contributed by atoms with Gasteiger partial charge in [-0.3, -0.25) is 0 Å². The molecule has 2 heterocycles. The van der Waals surface area contributed by atoms with E-state index in [1.807, 2.05) is 19.1 Å². The Labute approximate surface area is 182 Å². The van der Waals surface area contributed by atoms with Crippen molar-refractivity contribution in [3.05, 3.63) is 23.9 Å². The third-order valence-corrected chi connectivity index (χ3v) is 4.42. The predicted molar refractivity (Wildman–Crippen MR) is 117 cm³/mol. The Kier molecular flexibility index (Phi) is 10.9. The summed E-state index contributed by atoms with van der Waals surface area (Å²) < 4.78 is 36.9. The number of nitrogens with zero attached hydrogens (tertiary/aromatic N) is 4. The average Bonchev–Trinajstić information content (AvgIpc) is 2.65. The van der Waals surface area contributed by atoms with Crippen LogP contribution in [0, 0.1) is 0 Å². The second-order valence-electron chi connectivity index (χ2n) is 6.43. The van der Waals surface area contributed by atoms with Gasteiger partial charge in [0, 0.05) is 45.5 Å². The summed E-state index contributed by atoms with van der Waals surface area (Å²) in [5, 5.41) is 5.69. The number of piperazine rings is 1. The molecule has 2 N–H and O–H groups in total. The first-order chi connectivity index (χ1) is 12.9. The minimum absolute atomic E-state index is 0. The van der Waals surface area contributed by atoms with E-state index in [0.29, 0.717) is 19.0 Å². The topological polar surface area (TPSA) is 55.8 Å². The highest BCUT2D eigenvalue weighted by molar-refractivity contribution is 14.0. The van der Waals surface area contributed by atoms with Crippen molar-refractivity contribution in [1.82, 2.24) is 20.5 Å². The zero-order valence-corrected chi connectivity index (χ0v) is 18.8. The lowest BCUT2D eigenvalue weighted by Gasteiger charge is -2.34. The number of hydrogen-bond acceptors (Lipinski definition) is 4. The first-order valence-electron chi connectivity index (χ1n) is 9.42. The van der Waals surface area contributed by atoms with Crippen LogP contribution in [-0.4, -0.2) is 67.8 Å². The molecule has 0 spiro atoms. The number of alkyl halides is 3. The van der Waals surface area contributed by atoms with Crippen molar-refractivity contribution in [2.75, 3.05) is 50.7 Å². The van der Waals surface area contributed by atoms with E-state index in [1.54, 1.807) is 6.20 Å². The fraction of sp³-hybridized carbons (Fsp3) is 0.667. The van der Waals surface area contributed by atoms with Crippen molar-refractivity contribution in [3.8, 4) is 0 Å². The van der Waals surface area contributed by atoms with Crippen LogP contribution >= 0.6 is 24.0 Å². The summed E-state index contributed by atoms with van der Waals surface area (Å²) in [4.78, 5) is 13.5. The van der Waals surface area contributed by atoms with E-state index >= 15 is 0 Å². The Morgan fingerprint density at radius 3 is 2.50 bits per heavy atom. The van der Waals surface area contributed by atoms with Crippen LogP contribution in [0.2, 0.25) is 0 Å². The minimum Gasteiger partial charge on any atom is -0.357 e. The zero-order chi connectivity index (χ0) is 19.7. The standard InChI is InChI=1S/C18H29F3N6.HI/c1-3-22-17(24-8-6-18(19,20)21)25-14-15-5-7-23-16(13-15)27-11-9-26(4-2)10-12-27;/h5,7,13H,3-4,6,8-12,14H2,1-2H3,(H2,22,24,25);1H. The Bertz CT molecular complexity index is 603. The molecule has 1 saturated heterocycles. The van der Waals surface area contributed by atoms with E-state index in [1.165, 1.54) is 0 Å². The first-order valence-corrected chi connectivity index (χ1v) is 9.42. The molecule has 0 atom stereocenters. The molecule has 6 nitrogen and oxygen atoms in total. The number of aromatic nitrogens is 1. The molecule has 0 bridgehead atoms. The summed E-state index contributed by atoms with van der Waals surface area (Å²) in [5.74, 6) is 1.31. The molecule has 0 amide bonds. The second kappa shape index (κ2) is 12.3. The van der Waals surface area contributed by atoms with Crippen molar-refractivity contribution in [3.63, 3.8) is 0 Å². The van der Waals surface area contributed by atoms with Crippen LogP contribution in [-0.2, 0) is 6.54 Å². The van der Waals surface area contributed by atoms with Crippen LogP contribution in [0.4, 0.5) is 19.0 Å². The zero-order valence-electron chi connectivity index (χ0n) is 16.4. The van der Waals surface area contributed by atoms with Crippen LogP contribution in [0.1, 0.15) is 25.8 Å². The van der Waals surface area contributed by atoms with Gasteiger partial charge in [0.15, 0.2) is 5.96 Å². The Morgan fingerprint density at radius 2 is 1.89 bits per heavy atom. The summed E-state index contributed by atoms with van der Waals surface area (Å²) in [6.07, 6.45) is -3.30. The molecule has 10 heteroatoms. The van der Waals surface area contributed by atoms with Gasteiger partial charge in [-0.1, -0.05) is 6.92 Å². The van der Waals surface area contributed by atoms with Crippen molar-refractivity contribution >= 4 is 35.8 Å². The molecule has 1 fully saturated rings. The smallest absolute Gasteiger partial charge is 0.357 e. The van der Waals surface area contributed by atoms with Gasteiger partial charge in [0.2, 0.25) is 0 Å². The first kappa shape index (κ1) is 24.7. The summed E-state index contributed by atoms with van der Waals surface area (Å²) in [5.41, 5.74) is 0.978. The molecule has 0 aromatic carbocycles. The molecule has 0 unspecified atom stereocenters. The highest BCUT2D eigenvalue weighted by atomic mass is 127. The molecule has 1 aromatic heterocycles. The third kappa shape index (κ3) is 8.80.